The van der Waals surface area contributed by atoms with Crippen molar-refractivity contribution in [1.29, 1.82) is 0 Å². The van der Waals surface area contributed by atoms with E-state index in [-0.39, 0.29) is 0 Å². The number of alkyl halides is 22. The van der Waals surface area contributed by atoms with Gasteiger partial charge in [-0.1, -0.05) is 0 Å². The molecule has 0 aromatic rings. The van der Waals surface area contributed by atoms with Crippen LogP contribution in [0.5, 0.6) is 0 Å². The highest BCUT2D eigenvalue weighted by atomic mass is 19.4. The monoisotopic (exact) mass is 582 g/mol. The summed E-state index contributed by atoms with van der Waals surface area (Å²) in [6.45, 7) is -4.33. The number of halogens is 22. The Balaban J connectivity index is 6.43. The third-order valence-corrected chi connectivity index (χ3v) is 3.76. The molecule has 0 aliphatic carbocycles. The van der Waals surface area contributed by atoms with Gasteiger partial charge in [0.2, 0.25) is 0 Å². The van der Waals surface area contributed by atoms with Gasteiger partial charge in [-0.05, 0) is 0 Å². The van der Waals surface area contributed by atoms with Gasteiger partial charge in [-0.15, -0.1) is 0 Å². The molecule has 35 heavy (non-hydrogen) atoms. The van der Waals surface area contributed by atoms with Gasteiger partial charge in [0.15, 0.2) is 0 Å². The predicted molar refractivity (Wildman–Crippen MR) is 62.5 cm³/mol. The number of hydrogen-bond acceptors (Lipinski definition) is 1. The highest BCUT2D eigenvalue weighted by molar-refractivity contribution is 5.14. The van der Waals surface area contributed by atoms with E-state index in [1.165, 1.54) is 0 Å². The molecule has 23 heteroatoms. The molecule has 0 fully saturated rings. The maximum atomic E-state index is 13.3. The summed E-state index contributed by atoms with van der Waals surface area (Å²) < 4.78 is 283. The summed E-state index contributed by atoms with van der Waals surface area (Å²) >= 11 is 0. The zero-order valence-corrected chi connectivity index (χ0v) is 15.1. The largest absolute Gasteiger partial charge is 0.428 e. The molecule has 0 N–H and O–H groups in total. The van der Waals surface area contributed by atoms with Crippen LogP contribution in [0, 0.1) is 0 Å². The summed E-state index contributed by atoms with van der Waals surface area (Å²) in [6.07, 6.45) is -25.1. The summed E-state index contributed by atoms with van der Waals surface area (Å²) in [5.41, 5.74) is 0. The van der Waals surface area contributed by atoms with Crippen molar-refractivity contribution >= 4 is 0 Å². The normalized spacial score (nSPS) is 17.2. The molecule has 212 valence electrons. The van der Waals surface area contributed by atoms with E-state index in [0.29, 0.717) is 0 Å². The van der Waals surface area contributed by atoms with Crippen LogP contribution in [0.3, 0.4) is 0 Å². The van der Waals surface area contributed by atoms with Crippen LogP contribution in [0.1, 0.15) is 0 Å². The van der Waals surface area contributed by atoms with Crippen LogP contribution < -0.4 is 0 Å². The molecule has 0 aliphatic heterocycles. The van der Waals surface area contributed by atoms with E-state index in [1.807, 2.05) is 4.74 Å². The van der Waals surface area contributed by atoms with Crippen molar-refractivity contribution in [3.8, 4) is 0 Å². The lowest BCUT2D eigenvalue weighted by Gasteiger charge is -2.42. The second-order valence-corrected chi connectivity index (χ2v) is 6.25. The fourth-order valence-electron chi connectivity index (χ4n) is 1.71. The topological polar surface area (TPSA) is 9.23 Å². The van der Waals surface area contributed by atoms with Crippen molar-refractivity contribution in [1.82, 2.24) is 0 Å². The minimum atomic E-state index is -8.84. The van der Waals surface area contributed by atoms with Crippen molar-refractivity contribution < 1.29 is 101 Å². The summed E-state index contributed by atoms with van der Waals surface area (Å²) in [4.78, 5) is 0. The molecule has 0 heterocycles. The maximum absolute atomic E-state index is 13.3. The first-order valence-electron chi connectivity index (χ1n) is 7.46. The highest BCUT2D eigenvalue weighted by Crippen LogP contribution is 2.62. The van der Waals surface area contributed by atoms with Crippen LogP contribution in [-0.4, -0.2) is 72.9 Å². The number of rotatable bonds is 11. The summed E-state index contributed by atoms with van der Waals surface area (Å²) in [6, 6.07) is 0. The van der Waals surface area contributed by atoms with Crippen molar-refractivity contribution in [3.05, 3.63) is 0 Å². The minimum absolute atomic E-state index is 2.02. The van der Waals surface area contributed by atoms with Gasteiger partial charge in [-0.2, -0.15) is 83.4 Å². The molecule has 0 aliphatic rings. The number of ether oxygens (including phenoxy) is 1. The third kappa shape index (κ3) is 5.01. The minimum Gasteiger partial charge on any atom is -0.311 e. The molecule has 0 spiro atoms. The van der Waals surface area contributed by atoms with Gasteiger partial charge < -0.3 is 4.74 Å². The summed E-state index contributed by atoms with van der Waals surface area (Å²) in [5.74, 6) is -58.3. The first-order chi connectivity index (χ1) is 14.8. The molecule has 0 saturated heterocycles. The Morgan fingerprint density at radius 1 is 0.457 bits per heavy atom. The van der Waals surface area contributed by atoms with Crippen molar-refractivity contribution in [2.45, 2.75) is 66.3 Å². The van der Waals surface area contributed by atoms with Crippen molar-refractivity contribution in [2.75, 3.05) is 6.61 Å². The van der Waals surface area contributed by atoms with E-state index < -0.39 is 72.9 Å². The lowest BCUT2D eigenvalue weighted by molar-refractivity contribution is -0.451. The van der Waals surface area contributed by atoms with Gasteiger partial charge in [-0.3, -0.25) is 0 Å². The van der Waals surface area contributed by atoms with Crippen LogP contribution in [0.15, 0.2) is 0 Å². The molecule has 0 radical (unpaired) electrons. The molecule has 0 amide bonds. The van der Waals surface area contributed by atoms with Crippen LogP contribution in [-0.2, 0) is 4.74 Å². The van der Waals surface area contributed by atoms with Crippen LogP contribution in [0.25, 0.3) is 0 Å². The molecule has 0 aromatic heterocycles. The van der Waals surface area contributed by atoms with Gasteiger partial charge in [0, 0.05) is 0 Å². The molecular formula is C12H4F22O. The van der Waals surface area contributed by atoms with Crippen LogP contribution in [0.2, 0.25) is 0 Å². The van der Waals surface area contributed by atoms with E-state index in [0.717, 1.165) is 0 Å². The zero-order valence-electron chi connectivity index (χ0n) is 15.1. The Morgan fingerprint density at radius 3 is 1.09 bits per heavy atom. The average Bonchev–Trinajstić information content (AvgIpc) is 2.64. The van der Waals surface area contributed by atoms with E-state index in [4.69, 9.17) is 0 Å². The zero-order chi connectivity index (χ0) is 29.1. The van der Waals surface area contributed by atoms with Crippen molar-refractivity contribution in [3.63, 3.8) is 0 Å². The summed E-state index contributed by atoms with van der Waals surface area (Å²) in [5, 5.41) is 0. The molecule has 0 saturated carbocycles. The second kappa shape index (κ2) is 8.77. The first kappa shape index (κ1) is 33.4. The van der Waals surface area contributed by atoms with Gasteiger partial charge in [0.1, 0.15) is 6.61 Å². The number of hydrogen-bond donors (Lipinski definition) is 0. The van der Waals surface area contributed by atoms with Gasteiger partial charge in [0.25, 0.3) is 6.17 Å². The Morgan fingerprint density at radius 2 is 0.771 bits per heavy atom. The van der Waals surface area contributed by atoms with Gasteiger partial charge >= 0.3 is 60.2 Å². The smallest absolute Gasteiger partial charge is 0.311 e. The Kier molecular flexibility index (Phi) is 8.37. The summed E-state index contributed by atoms with van der Waals surface area (Å²) in [7, 11) is 0. The highest BCUT2D eigenvalue weighted by Gasteiger charge is 2.93. The van der Waals surface area contributed by atoms with E-state index >= 15 is 0 Å². The molecule has 1 atom stereocenters. The van der Waals surface area contributed by atoms with Gasteiger partial charge in [0.05, 0.1) is 0 Å². The Hall–Kier alpha value is -1.58. The van der Waals surface area contributed by atoms with E-state index in [2.05, 4.69) is 0 Å². The molecule has 1 nitrogen and oxygen atoms in total. The lowest BCUT2D eigenvalue weighted by Crippen LogP contribution is -2.74. The fraction of sp³-hybridized carbons (Fsp3) is 1.00. The Labute approximate surface area is 176 Å². The van der Waals surface area contributed by atoms with Crippen LogP contribution >= 0.6 is 0 Å². The molecular weight excluding hydrogens is 578 g/mol. The molecule has 0 unspecified atom stereocenters. The predicted octanol–water partition coefficient (Wildman–Crippen LogP) is 7.21. The first-order valence-corrected chi connectivity index (χ1v) is 7.46. The third-order valence-electron chi connectivity index (χ3n) is 3.76. The molecule has 0 aromatic carbocycles. The second-order valence-electron chi connectivity index (χ2n) is 6.25. The maximum Gasteiger partial charge on any atom is 0.428 e. The Bertz CT molecular complexity index is 733. The molecule has 0 bridgehead atoms. The lowest BCUT2D eigenvalue weighted by atomic mass is 9.89. The van der Waals surface area contributed by atoms with Crippen molar-refractivity contribution in [2.24, 2.45) is 0 Å². The van der Waals surface area contributed by atoms with Crippen LogP contribution in [0.4, 0.5) is 96.6 Å². The standard InChI is InChI=1S/C12H4F22O/c13-2(6(20,21)22)7(23,24)35-1-4(16,17)8(25,26)10(29,30)12(33,34)11(31,32)9(27,28)5(18,19)3(14)15/h2-3H,1H2/t2-/m1/s1. The van der Waals surface area contributed by atoms with Gasteiger partial charge in [-0.25, -0.2) is 13.2 Å². The average molecular weight is 582 g/mol. The van der Waals surface area contributed by atoms with E-state index in [1.54, 1.807) is 0 Å². The molecule has 0 rings (SSSR count). The fourth-order valence-corrected chi connectivity index (χ4v) is 1.71. The SMILES string of the molecule is FC(F)C(F)(F)C(F)(F)C(F)(F)C(F)(F)C(F)(F)C(F)(F)C(F)(F)COC(F)(F)[C@H](F)C(F)(F)F. The van der Waals surface area contributed by atoms with E-state index in [9.17, 15) is 96.6 Å². The quantitative estimate of drug-likeness (QED) is 0.234.